The third-order valence-corrected chi connectivity index (χ3v) is 11.1. The van der Waals surface area contributed by atoms with Gasteiger partial charge in [0.15, 0.2) is 0 Å². The highest BCUT2D eigenvalue weighted by molar-refractivity contribution is 14.1. The van der Waals surface area contributed by atoms with Gasteiger partial charge in [0, 0.05) is 60.9 Å². The van der Waals surface area contributed by atoms with Gasteiger partial charge >= 0.3 is 0 Å². The van der Waals surface area contributed by atoms with Crippen LogP contribution in [-0.2, 0) is 5.41 Å². The summed E-state index contributed by atoms with van der Waals surface area (Å²) in [4.78, 5) is 0. The maximum atomic E-state index is 2.67. The fourth-order valence-corrected chi connectivity index (χ4v) is 8.26. The third kappa shape index (κ3) is 4.93. The molecule has 9 aromatic rings. The number of rotatable bonds is 3. The molecule has 0 bridgehead atoms. The van der Waals surface area contributed by atoms with Crippen molar-refractivity contribution in [2.24, 2.45) is 0 Å². The Morgan fingerprint density at radius 3 is 1.57 bits per heavy atom. The van der Waals surface area contributed by atoms with E-state index in [4.69, 9.17) is 0 Å². The van der Waals surface area contributed by atoms with Crippen molar-refractivity contribution in [3.63, 3.8) is 0 Å². The van der Waals surface area contributed by atoms with E-state index in [0.29, 0.717) is 0 Å². The van der Waals surface area contributed by atoms with Crippen LogP contribution in [0.1, 0.15) is 31.9 Å². The van der Waals surface area contributed by atoms with Crippen LogP contribution in [0.5, 0.6) is 0 Å². The average Bonchev–Trinajstić information content (AvgIpc) is 3.77. The van der Waals surface area contributed by atoms with E-state index < -0.39 is 0 Å². The number of nitrogens with zero attached hydrogens (tertiary/aromatic N) is 2. The molecule has 0 spiro atoms. The molecule has 2 aromatic heterocycles. The van der Waals surface area contributed by atoms with Crippen molar-refractivity contribution in [1.29, 1.82) is 0 Å². The predicted octanol–water partition coefficient (Wildman–Crippen LogP) is 13.3. The Morgan fingerprint density at radius 2 is 0.941 bits per heavy atom. The van der Waals surface area contributed by atoms with Gasteiger partial charge in [0.1, 0.15) is 0 Å². The van der Waals surface area contributed by atoms with Gasteiger partial charge in [-0.2, -0.15) is 0 Å². The quantitative estimate of drug-likeness (QED) is 0.125. The van der Waals surface area contributed by atoms with Crippen LogP contribution in [0.3, 0.4) is 0 Å². The van der Waals surface area contributed by atoms with E-state index in [1.165, 1.54) is 88.4 Å². The van der Waals surface area contributed by atoms with Crippen LogP contribution >= 0.6 is 22.6 Å². The molecular weight excluding hydrogens is 731 g/mol. The zero-order chi connectivity index (χ0) is 34.7. The highest BCUT2D eigenvalue weighted by Gasteiger charge is 2.36. The predicted molar refractivity (Wildman–Crippen MR) is 226 cm³/mol. The van der Waals surface area contributed by atoms with E-state index >= 15 is 0 Å². The molecule has 2 heterocycles. The summed E-state index contributed by atoms with van der Waals surface area (Å²) < 4.78 is 7.48. The average molecular weight is 767 g/mol. The molecule has 0 unspecified atom stereocenters. The number of aromatic nitrogens is 2. The molecule has 0 saturated heterocycles. The highest BCUT2D eigenvalue weighted by atomic mass is 127. The molecule has 7 aromatic carbocycles. The lowest BCUT2D eigenvalue weighted by Crippen LogP contribution is -2.14. The Bertz CT molecular complexity index is 2840. The molecule has 244 valence electrons. The summed E-state index contributed by atoms with van der Waals surface area (Å²) in [6.45, 7) is 6.54. The molecule has 0 amide bonds. The zero-order valence-corrected chi connectivity index (χ0v) is 30.9. The van der Waals surface area contributed by atoms with Gasteiger partial charge in [0.2, 0.25) is 0 Å². The van der Waals surface area contributed by atoms with Gasteiger partial charge in [0.05, 0.1) is 22.1 Å². The van der Waals surface area contributed by atoms with Gasteiger partial charge in [-0.25, -0.2) is 0 Å². The Kier molecular flexibility index (Phi) is 7.60. The minimum atomic E-state index is -0.0579. The van der Waals surface area contributed by atoms with Crippen molar-refractivity contribution in [1.82, 2.24) is 9.13 Å². The standard InChI is InChI=1S/C45H32N2.C3H3I/c1-45(2)39-19-11-9-17-33(39)35-27-38-37-26-30(22-24-43(37)47(44(38)28-40(35)45)32-15-7-4-8-16-32)29-21-23-42-36(25-29)34-18-10-12-20-41(34)46(42)31-13-5-3-6-14-31;1-2-3-4/h3-28H,1-2H3;1H3. The number of hydrogen-bond acceptors (Lipinski definition) is 0. The number of halogens is 1. The second-order valence-electron chi connectivity index (χ2n) is 13.8. The van der Waals surface area contributed by atoms with Gasteiger partial charge < -0.3 is 9.13 Å². The first-order valence-electron chi connectivity index (χ1n) is 17.4. The highest BCUT2D eigenvalue weighted by Crippen LogP contribution is 2.51. The van der Waals surface area contributed by atoms with Crippen molar-refractivity contribution < 1.29 is 0 Å². The lowest BCUT2D eigenvalue weighted by Gasteiger charge is -2.21. The molecule has 10 rings (SSSR count). The molecule has 1 aliphatic carbocycles. The second kappa shape index (κ2) is 12.3. The van der Waals surface area contributed by atoms with E-state index in [1.54, 1.807) is 0 Å². The first-order chi connectivity index (χ1) is 25.0. The maximum absolute atomic E-state index is 2.67. The smallest absolute Gasteiger partial charge is 0.0544 e. The van der Waals surface area contributed by atoms with Gasteiger partial charge in [-0.05, 0) is 111 Å². The van der Waals surface area contributed by atoms with E-state index in [9.17, 15) is 0 Å². The summed E-state index contributed by atoms with van der Waals surface area (Å²) in [5.41, 5.74) is 15.2. The largest absolute Gasteiger partial charge is 0.309 e. The molecule has 0 radical (unpaired) electrons. The SMILES string of the molecule is CC#CI.CC1(C)c2ccccc2-c2cc3c4cc(-c5ccc6c(c5)c5ccccc5n6-c5ccccc5)ccc4n(-c4ccccc4)c3cc21. The monoisotopic (exact) mass is 766 g/mol. The van der Waals surface area contributed by atoms with Gasteiger partial charge in [-0.1, -0.05) is 111 Å². The van der Waals surface area contributed by atoms with Crippen LogP contribution in [0.25, 0.3) is 77.2 Å². The van der Waals surface area contributed by atoms with Crippen LogP contribution in [0.4, 0.5) is 0 Å². The molecule has 0 N–H and O–H groups in total. The minimum Gasteiger partial charge on any atom is -0.309 e. The topological polar surface area (TPSA) is 9.86 Å². The third-order valence-electron chi connectivity index (χ3n) is 10.6. The van der Waals surface area contributed by atoms with Crippen LogP contribution in [-0.4, -0.2) is 9.13 Å². The maximum Gasteiger partial charge on any atom is 0.0544 e. The first kappa shape index (κ1) is 31.4. The Balaban J connectivity index is 0.000000830. The molecule has 0 aliphatic heterocycles. The summed E-state index contributed by atoms with van der Waals surface area (Å²) in [7, 11) is 0. The normalized spacial score (nSPS) is 12.7. The summed E-state index contributed by atoms with van der Waals surface area (Å²) >= 11 is 1.99. The summed E-state index contributed by atoms with van der Waals surface area (Å²) in [5, 5.41) is 5.11. The lowest BCUT2D eigenvalue weighted by atomic mass is 9.82. The molecule has 51 heavy (non-hydrogen) atoms. The molecule has 3 heteroatoms. The zero-order valence-electron chi connectivity index (χ0n) is 28.8. The van der Waals surface area contributed by atoms with Gasteiger partial charge in [-0.3, -0.25) is 0 Å². The van der Waals surface area contributed by atoms with Crippen molar-refractivity contribution in [2.45, 2.75) is 26.2 Å². The number of fused-ring (bicyclic) bond motifs is 9. The lowest BCUT2D eigenvalue weighted by molar-refractivity contribution is 0.661. The molecule has 0 atom stereocenters. The Morgan fingerprint density at radius 1 is 0.451 bits per heavy atom. The van der Waals surface area contributed by atoms with Crippen molar-refractivity contribution in [2.75, 3.05) is 0 Å². The molecule has 2 nitrogen and oxygen atoms in total. The van der Waals surface area contributed by atoms with Crippen LogP contribution < -0.4 is 0 Å². The first-order valence-corrected chi connectivity index (χ1v) is 18.5. The van der Waals surface area contributed by atoms with Crippen LogP contribution in [0.2, 0.25) is 0 Å². The Labute approximate surface area is 312 Å². The van der Waals surface area contributed by atoms with Gasteiger partial charge in [0.25, 0.3) is 0 Å². The fraction of sp³-hybridized carbons (Fsp3) is 0.0833. The Hall–Kier alpha value is -5.57. The van der Waals surface area contributed by atoms with Crippen LogP contribution in [0.15, 0.2) is 158 Å². The number of hydrogen-bond donors (Lipinski definition) is 0. The molecule has 0 saturated carbocycles. The van der Waals surface area contributed by atoms with E-state index in [0.717, 1.165) is 0 Å². The summed E-state index contributed by atoms with van der Waals surface area (Å²) in [6.07, 6.45) is 0. The van der Waals surface area contributed by atoms with Gasteiger partial charge in [-0.15, -0.1) is 0 Å². The second-order valence-corrected chi connectivity index (χ2v) is 14.3. The van der Waals surface area contributed by atoms with E-state index in [1.807, 2.05) is 29.5 Å². The van der Waals surface area contributed by atoms with Crippen molar-refractivity contribution in [3.8, 4) is 43.5 Å². The van der Waals surface area contributed by atoms with Crippen molar-refractivity contribution in [3.05, 3.63) is 169 Å². The molecular formula is C48H35IN2. The summed E-state index contributed by atoms with van der Waals surface area (Å²) in [5.74, 6) is 2.67. The number of para-hydroxylation sites is 3. The van der Waals surface area contributed by atoms with Crippen molar-refractivity contribution >= 4 is 66.2 Å². The molecule has 1 aliphatic rings. The summed E-state index contributed by atoms with van der Waals surface area (Å²) in [6, 6.07) is 58.1. The molecule has 0 fully saturated rings. The fourth-order valence-electron chi connectivity index (χ4n) is 8.26. The van der Waals surface area contributed by atoms with Crippen LogP contribution in [0, 0.1) is 9.85 Å². The van der Waals surface area contributed by atoms with E-state index in [-0.39, 0.29) is 5.41 Å². The number of benzene rings is 7. The van der Waals surface area contributed by atoms with E-state index in [2.05, 4.69) is 191 Å². The minimum absolute atomic E-state index is 0.0579.